The minimum Gasteiger partial charge on any atom is -0.490 e. The first-order valence-corrected chi connectivity index (χ1v) is 8.64. The number of aryl methyl sites for hydroxylation is 1. The fraction of sp³-hybridized carbons (Fsp3) is 0.250. The monoisotopic (exact) mass is 400 g/mol. The number of Topliss-reactive ketones (excluding diaryl/α,β-unsaturated/α-hetero) is 1. The molecule has 9 nitrogen and oxygen atoms in total. The number of ether oxygens (including phenoxy) is 2. The molecule has 0 saturated heterocycles. The number of hydrogen-bond acceptors (Lipinski definition) is 7. The molecule has 2 aromatic rings. The molecule has 0 aromatic heterocycles. The average molecular weight is 400 g/mol. The Bertz CT molecular complexity index is 938. The summed E-state index contributed by atoms with van der Waals surface area (Å²) < 4.78 is 9.92. The van der Waals surface area contributed by atoms with Gasteiger partial charge in [0.05, 0.1) is 12.0 Å². The van der Waals surface area contributed by atoms with E-state index in [-0.39, 0.29) is 22.8 Å². The van der Waals surface area contributed by atoms with Crippen molar-refractivity contribution < 1.29 is 28.8 Å². The van der Waals surface area contributed by atoms with Gasteiger partial charge >= 0.3 is 11.7 Å². The molecule has 0 radical (unpaired) electrons. The number of carbonyl (C=O) groups is 3. The Balaban J connectivity index is 1.94. The lowest BCUT2D eigenvalue weighted by Crippen LogP contribution is -2.34. The van der Waals surface area contributed by atoms with Crippen molar-refractivity contribution in [1.82, 2.24) is 5.32 Å². The van der Waals surface area contributed by atoms with Crippen LogP contribution in [0, 0.1) is 17.0 Å². The van der Waals surface area contributed by atoms with Gasteiger partial charge in [0.1, 0.15) is 6.54 Å². The van der Waals surface area contributed by atoms with Gasteiger partial charge in [-0.1, -0.05) is 29.8 Å². The van der Waals surface area contributed by atoms with Crippen molar-refractivity contribution in [2.24, 2.45) is 0 Å². The first-order chi connectivity index (χ1) is 13.7. The Morgan fingerprint density at radius 3 is 2.31 bits per heavy atom. The van der Waals surface area contributed by atoms with Crippen LogP contribution in [0.5, 0.6) is 5.75 Å². The molecule has 1 N–H and O–H groups in total. The number of benzene rings is 2. The number of nitrogens with zero attached hydrogens (tertiary/aromatic N) is 1. The highest BCUT2D eigenvalue weighted by atomic mass is 16.6. The standard InChI is InChI=1S/C20H20N2O7/c1-12-4-6-14(7-5-12)19(24)13(2)29-18(23)11-21-20(25)15-8-9-17(28-3)16(10-15)22(26)27/h4-10,13H,11H2,1-3H3,(H,21,25)/t13-/m0/s1. The molecule has 0 aliphatic carbocycles. The second-order valence-corrected chi connectivity index (χ2v) is 6.19. The van der Waals surface area contributed by atoms with E-state index in [4.69, 9.17) is 9.47 Å². The highest BCUT2D eigenvalue weighted by Gasteiger charge is 2.21. The largest absolute Gasteiger partial charge is 0.490 e. The maximum atomic E-state index is 12.3. The Morgan fingerprint density at radius 1 is 1.10 bits per heavy atom. The van der Waals surface area contributed by atoms with Crippen molar-refractivity contribution in [3.8, 4) is 5.75 Å². The predicted octanol–water partition coefficient (Wildman–Crippen LogP) is 2.46. The molecule has 2 aromatic carbocycles. The van der Waals surface area contributed by atoms with Gasteiger partial charge in [-0.05, 0) is 26.0 Å². The second-order valence-electron chi connectivity index (χ2n) is 6.19. The molecule has 0 spiro atoms. The molecule has 1 atom stereocenters. The normalized spacial score (nSPS) is 11.3. The number of amides is 1. The van der Waals surface area contributed by atoms with Crippen molar-refractivity contribution in [3.63, 3.8) is 0 Å². The predicted molar refractivity (Wildman–Crippen MR) is 103 cm³/mol. The Labute approximate surface area is 166 Å². The van der Waals surface area contributed by atoms with E-state index in [1.54, 1.807) is 24.3 Å². The van der Waals surface area contributed by atoms with E-state index >= 15 is 0 Å². The fourth-order valence-electron chi connectivity index (χ4n) is 2.47. The number of ketones is 1. The number of rotatable bonds is 8. The van der Waals surface area contributed by atoms with E-state index in [1.165, 1.54) is 26.2 Å². The van der Waals surface area contributed by atoms with Gasteiger partial charge in [0.2, 0.25) is 5.78 Å². The minimum atomic E-state index is -1.02. The third-order valence-electron chi connectivity index (χ3n) is 4.04. The Morgan fingerprint density at radius 2 is 1.72 bits per heavy atom. The molecule has 0 aliphatic heterocycles. The van der Waals surface area contributed by atoms with E-state index in [0.717, 1.165) is 11.6 Å². The summed E-state index contributed by atoms with van der Waals surface area (Å²) in [5.41, 5.74) is 1.01. The quantitative estimate of drug-likeness (QED) is 0.312. The number of carbonyl (C=O) groups excluding carboxylic acids is 3. The van der Waals surface area contributed by atoms with E-state index in [1.807, 2.05) is 6.92 Å². The topological polar surface area (TPSA) is 125 Å². The third-order valence-corrected chi connectivity index (χ3v) is 4.04. The molecule has 0 aliphatic rings. The van der Waals surface area contributed by atoms with Gasteiger partial charge in [-0.25, -0.2) is 0 Å². The third kappa shape index (κ3) is 5.61. The molecule has 0 heterocycles. The fourth-order valence-corrected chi connectivity index (χ4v) is 2.47. The molecule has 0 saturated carbocycles. The highest BCUT2D eigenvalue weighted by molar-refractivity contribution is 6.00. The van der Waals surface area contributed by atoms with Crippen molar-refractivity contribution in [3.05, 3.63) is 69.3 Å². The molecule has 0 unspecified atom stereocenters. The maximum Gasteiger partial charge on any atom is 0.326 e. The SMILES string of the molecule is COc1ccc(C(=O)NCC(=O)O[C@@H](C)C(=O)c2ccc(C)cc2)cc1[N+](=O)[O-]. The average Bonchev–Trinajstić information content (AvgIpc) is 2.71. The molecule has 0 fully saturated rings. The number of esters is 1. The van der Waals surface area contributed by atoms with Crippen LogP contribution in [0.15, 0.2) is 42.5 Å². The summed E-state index contributed by atoms with van der Waals surface area (Å²) in [5, 5.41) is 13.3. The zero-order valence-corrected chi connectivity index (χ0v) is 16.1. The van der Waals surface area contributed by atoms with Gasteiger partial charge in [-0.3, -0.25) is 24.5 Å². The van der Waals surface area contributed by atoms with Gasteiger partial charge in [-0.15, -0.1) is 0 Å². The van der Waals surface area contributed by atoms with Crippen LogP contribution in [0.4, 0.5) is 5.69 Å². The van der Waals surface area contributed by atoms with Crippen molar-refractivity contribution in [2.75, 3.05) is 13.7 Å². The van der Waals surface area contributed by atoms with Crippen molar-refractivity contribution in [2.45, 2.75) is 20.0 Å². The summed E-state index contributed by atoms with van der Waals surface area (Å²) >= 11 is 0. The number of methoxy groups -OCH3 is 1. The lowest BCUT2D eigenvalue weighted by molar-refractivity contribution is -0.385. The van der Waals surface area contributed by atoms with Crippen LogP contribution < -0.4 is 10.1 Å². The molecule has 1 amide bonds. The number of nitro benzene ring substituents is 1. The van der Waals surface area contributed by atoms with Gasteiger partial charge in [0.15, 0.2) is 11.9 Å². The molecule has 0 bridgehead atoms. The first kappa shape index (κ1) is 21.5. The van der Waals surface area contributed by atoms with Gasteiger partial charge < -0.3 is 14.8 Å². The summed E-state index contributed by atoms with van der Waals surface area (Å²) in [5.74, 6) is -1.87. The lowest BCUT2D eigenvalue weighted by atomic mass is 10.1. The first-order valence-electron chi connectivity index (χ1n) is 8.64. The molecular weight excluding hydrogens is 380 g/mol. The number of hydrogen-bond donors (Lipinski definition) is 1. The van der Waals surface area contributed by atoms with Crippen LogP contribution in [-0.2, 0) is 9.53 Å². The molecular formula is C20H20N2O7. The highest BCUT2D eigenvalue weighted by Crippen LogP contribution is 2.27. The minimum absolute atomic E-state index is 0.00871. The van der Waals surface area contributed by atoms with Crippen LogP contribution in [0.3, 0.4) is 0 Å². The van der Waals surface area contributed by atoms with Crippen LogP contribution in [-0.4, -0.2) is 42.3 Å². The molecule has 152 valence electrons. The van der Waals surface area contributed by atoms with Crippen LogP contribution in [0.2, 0.25) is 0 Å². The molecule has 9 heteroatoms. The Hall–Kier alpha value is -3.75. The summed E-state index contributed by atoms with van der Waals surface area (Å²) in [4.78, 5) is 46.7. The van der Waals surface area contributed by atoms with Gasteiger partial charge in [0, 0.05) is 17.2 Å². The van der Waals surface area contributed by atoms with Crippen LogP contribution in [0.25, 0.3) is 0 Å². The second kappa shape index (κ2) is 9.45. The summed E-state index contributed by atoms with van der Waals surface area (Å²) in [7, 11) is 1.27. The zero-order chi connectivity index (χ0) is 21.6. The van der Waals surface area contributed by atoms with Crippen LogP contribution in [0.1, 0.15) is 33.2 Å². The van der Waals surface area contributed by atoms with E-state index < -0.39 is 29.4 Å². The maximum absolute atomic E-state index is 12.3. The number of nitrogens with one attached hydrogen (secondary N) is 1. The lowest BCUT2D eigenvalue weighted by Gasteiger charge is -2.13. The number of nitro groups is 1. The smallest absolute Gasteiger partial charge is 0.326 e. The summed E-state index contributed by atoms with van der Waals surface area (Å²) in [6.07, 6.45) is -1.02. The molecule has 29 heavy (non-hydrogen) atoms. The van der Waals surface area contributed by atoms with Gasteiger partial charge in [-0.2, -0.15) is 0 Å². The summed E-state index contributed by atoms with van der Waals surface area (Å²) in [6.45, 7) is 2.83. The molecule has 2 rings (SSSR count). The van der Waals surface area contributed by atoms with E-state index in [2.05, 4.69) is 5.32 Å². The zero-order valence-electron chi connectivity index (χ0n) is 16.1. The Kier molecular flexibility index (Phi) is 7.02. The van der Waals surface area contributed by atoms with Crippen molar-refractivity contribution in [1.29, 1.82) is 0 Å². The van der Waals surface area contributed by atoms with Crippen molar-refractivity contribution >= 4 is 23.3 Å². The van der Waals surface area contributed by atoms with E-state index in [0.29, 0.717) is 5.56 Å². The van der Waals surface area contributed by atoms with E-state index in [9.17, 15) is 24.5 Å². The van der Waals surface area contributed by atoms with Crippen LogP contribution >= 0.6 is 0 Å². The van der Waals surface area contributed by atoms with Gasteiger partial charge in [0.25, 0.3) is 5.91 Å². The summed E-state index contributed by atoms with van der Waals surface area (Å²) in [6, 6.07) is 10.5.